The Kier molecular flexibility index (Phi) is 31.0. The SMILES string of the molecule is Cc1cc(O)cc(C)c1C[C@H](N)C(=O)N[C@H](CCCN=C(N)N)C(=O)N[C@@H](Cc1ccccc1)C(=O)N[C@@H](CCCCN)C(=O)NCCCCCCNC(=O)[C@H](Cc1ccccc1)NC(=O)[C@H](CC1CCCCC1)NC(=O)[C@@H]1Cc2ccccc2CN1C(=O)[C@@H](N)Cc1ccc(O)cc1. The van der Waals surface area contributed by atoms with Crippen molar-refractivity contribution in [1.82, 2.24) is 42.1 Å². The first-order valence-electron chi connectivity index (χ1n) is 35.0. The van der Waals surface area contributed by atoms with Crippen molar-refractivity contribution in [3.05, 3.63) is 166 Å². The molecule has 534 valence electrons. The average molecular weight is 1360 g/mol. The lowest BCUT2D eigenvalue weighted by Crippen LogP contribution is -2.60. The van der Waals surface area contributed by atoms with Gasteiger partial charge in [0.05, 0.1) is 12.1 Å². The number of aryl methyl sites for hydroxylation is 2. The summed E-state index contributed by atoms with van der Waals surface area (Å²) in [5.74, 6) is -3.92. The van der Waals surface area contributed by atoms with Gasteiger partial charge >= 0.3 is 0 Å². The molecule has 99 heavy (non-hydrogen) atoms. The average Bonchev–Trinajstić information content (AvgIpc) is 0.791. The molecule has 0 spiro atoms. The molecule has 1 heterocycles. The molecule has 0 aromatic heterocycles. The molecular weight excluding hydrogens is 1260 g/mol. The number of aromatic hydroxyl groups is 2. The van der Waals surface area contributed by atoms with Crippen LogP contribution in [0.15, 0.2) is 126 Å². The van der Waals surface area contributed by atoms with E-state index in [1.807, 2.05) is 72.8 Å². The number of benzene rings is 5. The van der Waals surface area contributed by atoms with E-state index in [4.69, 9.17) is 28.7 Å². The van der Waals surface area contributed by atoms with E-state index in [0.29, 0.717) is 58.0 Å². The van der Waals surface area contributed by atoms with Crippen LogP contribution in [0.2, 0.25) is 0 Å². The highest BCUT2D eigenvalue weighted by atomic mass is 16.3. The number of aliphatic imine (C=N–C) groups is 1. The van der Waals surface area contributed by atoms with Crippen molar-refractivity contribution in [2.24, 2.45) is 39.6 Å². The largest absolute Gasteiger partial charge is 0.508 e. The fraction of sp³-hybridized carbons (Fsp3) is 0.480. The van der Waals surface area contributed by atoms with Gasteiger partial charge < -0.3 is 81.0 Å². The molecule has 8 amide bonds. The number of hydrogen-bond acceptors (Lipinski definition) is 14. The van der Waals surface area contributed by atoms with Crippen LogP contribution in [0.25, 0.3) is 0 Å². The Bertz CT molecular complexity index is 3450. The molecule has 5 aromatic carbocycles. The lowest BCUT2D eigenvalue weighted by Gasteiger charge is -2.38. The lowest BCUT2D eigenvalue weighted by molar-refractivity contribution is -0.144. The van der Waals surface area contributed by atoms with Gasteiger partial charge in [-0.15, -0.1) is 0 Å². The van der Waals surface area contributed by atoms with Gasteiger partial charge in [-0.1, -0.05) is 142 Å². The highest BCUT2D eigenvalue weighted by Gasteiger charge is 2.40. The van der Waals surface area contributed by atoms with Gasteiger partial charge in [-0.2, -0.15) is 0 Å². The molecular formula is C75H104N14O10. The number of phenols is 2. The van der Waals surface area contributed by atoms with Crippen LogP contribution in [-0.4, -0.2) is 143 Å². The van der Waals surface area contributed by atoms with E-state index in [-0.39, 0.29) is 94.4 Å². The number of nitrogens with zero attached hydrogens (tertiary/aromatic N) is 2. The molecule has 5 aromatic rings. The minimum atomic E-state index is -1.19. The summed E-state index contributed by atoms with van der Waals surface area (Å²) < 4.78 is 0. The zero-order valence-electron chi connectivity index (χ0n) is 57.4. The number of carbonyl (C=O) groups is 8. The zero-order chi connectivity index (χ0) is 71.2. The van der Waals surface area contributed by atoms with Crippen molar-refractivity contribution in [3.8, 4) is 11.5 Å². The maximum atomic E-state index is 14.8. The number of hydrogen-bond donors (Lipinski definition) is 14. The Morgan fingerprint density at radius 3 is 1.62 bits per heavy atom. The number of carbonyl (C=O) groups excluding carboxylic acids is 8. The van der Waals surface area contributed by atoms with Crippen molar-refractivity contribution >= 4 is 53.2 Å². The van der Waals surface area contributed by atoms with E-state index in [9.17, 15) is 48.6 Å². The van der Waals surface area contributed by atoms with Gasteiger partial charge in [-0.05, 0) is 159 Å². The van der Waals surface area contributed by atoms with Crippen LogP contribution in [0.1, 0.15) is 141 Å². The molecule has 0 unspecified atom stereocenters. The molecule has 0 saturated heterocycles. The third kappa shape index (κ3) is 25.1. The minimum absolute atomic E-state index is 0.0516. The molecule has 0 bridgehead atoms. The summed E-state index contributed by atoms with van der Waals surface area (Å²) in [7, 11) is 0. The number of rotatable bonds is 38. The smallest absolute Gasteiger partial charge is 0.243 e. The first-order valence-corrected chi connectivity index (χ1v) is 35.0. The number of fused-ring (bicyclic) bond motifs is 1. The Balaban J connectivity index is 0.947. The number of amides is 8. The summed E-state index contributed by atoms with van der Waals surface area (Å²) in [5, 5.41) is 40.6. The standard InChI is InChI=1S/C75H104N14O10/c1-48-39-57(91)40-49(2)58(48)46-59(77)67(92)84-62(30-20-38-83-75(79)80)70(95)87-64(43-51-23-10-6-11-24-51)71(96)85-61(29-16-17-35-76)68(93)81-36-18-3-4-19-37-82-69(94)63(42-50-21-8-5-9-22-50)86-72(97)65(44-52-25-12-7-13-26-52)88-73(98)66-45-54-27-14-15-28-55(54)47-89(66)74(99)60(78)41-53-31-33-56(90)34-32-53/h5-6,8-11,14-15,21-24,27-28,31-34,39-40,52,59-66,90-91H,3-4,7,12-13,16-20,25-26,29-30,35-38,41-47,76-78H2,1-2H3,(H,81,93)(H,82,94)(H,84,92)(H,85,96)(H,86,97)(H,87,95)(H,88,98)(H4,79,80,83)/t59-,60-,61-,62+,63-,64-,65-,66-/m0/s1. The monoisotopic (exact) mass is 1360 g/mol. The number of nitrogens with two attached hydrogens (primary N) is 5. The molecule has 24 heteroatoms. The summed E-state index contributed by atoms with van der Waals surface area (Å²) in [4.78, 5) is 120. The van der Waals surface area contributed by atoms with Gasteiger partial charge in [0.1, 0.15) is 47.8 Å². The van der Waals surface area contributed by atoms with Crippen molar-refractivity contribution < 1.29 is 48.6 Å². The van der Waals surface area contributed by atoms with E-state index in [0.717, 1.165) is 76.6 Å². The van der Waals surface area contributed by atoms with Crippen LogP contribution >= 0.6 is 0 Å². The van der Waals surface area contributed by atoms with E-state index in [1.165, 1.54) is 17.0 Å². The van der Waals surface area contributed by atoms with Crippen LogP contribution < -0.4 is 65.9 Å². The highest BCUT2D eigenvalue weighted by Crippen LogP contribution is 2.30. The molecule has 2 aliphatic rings. The van der Waals surface area contributed by atoms with Gasteiger partial charge in [0.2, 0.25) is 47.3 Å². The summed E-state index contributed by atoms with van der Waals surface area (Å²) in [5.41, 5.74) is 36.4. The minimum Gasteiger partial charge on any atom is -0.508 e. The molecule has 1 fully saturated rings. The van der Waals surface area contributed by atoms with Gasteiger partial charge in [0, 0.05) is 45.4 Å². The number of nitrogens with one attached hydrogen (secondary N) is 7. The van der Waals surface area contributed by atoms with Gasteiger partial charge in [0.25, 0.3) is 0 Å². The molecule has 1 saturated carbocycles. The topological polar surface area (TPSA) is 407 Å². The Morgan fingerprint density at radius 2 is 1.02 bits per heavy atom. The van der Waals surface area contributed by atoms with Gasteiger partial charge in [-0.25, -0.2) is 0 Å². The molecule has 19 N–H and O–H groups in total. The van der Waals surface area contributed by atoms with E-state index in [2.05, 4.69) is 42.2 Å². The Hall–Kier alpha value is -9.39. The maximum absolute atomic E-state index is 14.8. The molecule has 1 aliphatic heterocycles. The molecule has 0 radical (unpaired) electrons. The summed E-state index contributed by atoms with van der Waals surface area (Å²) in [6.07, 6.45) is 10.3. The first kappa shape index (κ1) is 77.0. The van der Waals surface area contributed by atoms with Gasteiger partial charge in [0.15, 0.2) is 5.96 Å². The molecule has 7 rings (SSSR count). The van der Waals surface area contributed by atoms with Gasteiger partial charge in [-0.3, -0.25) is 43.3 Å². The van der Waals surface area contributed by atoms with Crippen molar-refractivity contribution in [1.29, 1.82) is 0 Å². The summed E-state index contributed by atoms with van der Waals surface area (Å²) in [6.45, 7) is 4.87. The highest BCUT2D eigenvalue weighted by molar-refractivity contribution is 5.97. The quantitative estimate of drug-likeness (QED) is 0.0151. The predicted molar refractivity (Wildman–Crippen MR) is 382 cm³/mol. The fourth-order valence-electron chi connectivity index (χ4n) is 13.1. The Morgan fingerprint density at radius 1 is 0.515 bits per heavy atom. The predicted octanol–water partition coefficient (Wildman–Crippen LogP) is 3.96. The molecule has 1 aliphatic carbocycles. The Labute approximate surface area is 581 Å². The fourth-order valence-corrected chi connectivity index (χ4v) is 13.1. The number of unbranched alkanes of at least 4 members (excludes halogenated alkanes) is 4. The van der Waals surface area contributed by atoms with E-state index < -0.39 is 95.6 Å². The zero-order valence-corrected chi connectivity index (χ0v) is 57.4. The second-order valence-electron chi connectivity index (χ2n) is 26.5. The summed E-state index contributed by atoms with van der Waals surface area (Å²) >= 11 is 0. The van der Waals surface area contributed by atoms with Crippen LogP contribution in [0.4, 0.5) is 0 Å². The van der Waals surface area contributed by atoms with Crippen LogP contribution in [-0.2, 0) is 77.0 Å². The van der Waals surface area contributed by atoms with Crippen molar-refractivity contribution in [2.75, 3.05) is 26.2 Å². The first-order chi connectivity index (χ1) is 47.6. The van der Waals surface area contributed by atoms with Crippen LogP contribution in [0.5, 0.6) is 11.5 Å². The normalized spacial score (nSPS) is 15.8. The second kappa shape index (κ2) is 39.9. The third-order valence-corrected chi connectivity index (χ3v) is 18.6. The lowest BCUT2D eigenvalue weighted by atomic mass is 9.84. The van der Waals surface area contributed by atoms with Crippen molar-refractivity contribution in [2.45, 2.75) is 197 Å². The van der Waals surface area contributed by atoms with Crippen molar-refractivity contribution in [3.63, 3.8) is 0 Å². The van der Waals surface area contributed by atoms with E-state index >= 15 is 0 Å². The number of phenolic OH excluding ortho intramolecular Hbond substituents is 2. The molecule has 24 nitrogen and oxygen atoms in total. The second-order valence-corrected chi connectivity index (χ2v) is 26.5. The van der Waals surface area contributed by atoms with Crippen LogP contribution in [0.3, 0.4) is 0 Å². The summed E-state index contributed by atoms with van der Waals surface area (Å²) in [6, 6.07) is 27.3. The maximum Gasteiger partial charge on any atom is 0.243 e. The number of guanidine groups is 1. The van der Waals surface area contributed by atoms with Crippen LogP contribution in [0, 0.1) is 19.8 Å². The third-order valence-electron chi connectivity index (χ3n) is 18.6. The molecule has 8 atom stereocenters. The van der Waals surface area contributed by atoms with E-state index in [1.54, 1.807) is 50.2 Å².